The number of hydrogen-bond acceptors (Lipinski definition) is 5. The summed E-state index contributed by atoms with van der Waals surface area (Å²) in [6, 6.07) is 18.8. The molecule has 0 fully saturated rings. The van der Waals surface area contributed by atoms with Gasteiger partial charge in [-0.2, -0.15) is 5.10 Å². The summed E-state index contributed by atoms with van der Waals surface area (Å²) in [7, 11) is 1.68. The van der Waals surface area contributed by atoms with Gasteiger partial charge in [-0.3, -0.25) is 0 Å². The molecule has 5 rings (SSSR count). The van der Waals surface area contributed by atoms with E-state index < -0.39 is 0 Å². The zero-order valence-electron chi connectivity index (χ0n) is 16.2. The number of ether oxygens (including phenoxy) is 1. The van der Waals surface area contributed by atoms with Crippen LogP contribution >= 0.6 is 11.3 Å². The number of rotatable bonds is 5. The molecule has 1 aliphatic heterocycles. The van der Waals surface area contributed by atoms with Gasteiger partial charge in [0.1, 0.15) is 5.75 Å². The molecule has 0 spiro atoms. The molecule has 29 heavy (non-hydrogen) atoms. The Kier molecular flexibility index (Phi) is 4.74. The lowest BCUT2D eigenvalue weighted by molar-refractivity contribution is 0.415. The minimum absolute atomic E-state index is 0.169. The number of allylic oxidation sites excluding steroid dienone is 4. The lowest BCUT2D eigenvalue weighted by Gasteiger charge is -2.21. The number of aromatic nitrogens is 1. The van der Waals surface area contributed by atoms with Gasteiger partial charge in [-0.25, -0.2) is 9.99 Å². The van der Waals surface area contributed by atoms with Crippen LogP contribution in [0.4, 0.5) is 5.13 Å². The first-order valence-corrected chi connectivity index (χ1v) is 10.6. The highest BCUT2D eigenvalue weighted by Crippen LogP contribution is 2.40. The van der Waals surface area contributed by atoms with E-state index in [-0.39, 0.29) is 6.04 Å². The van der Waals surface area contributed by atoms with Crippen LogP contribution in [0.1, 0.15) is 24.4 Å². The van der Waals surface area contributed by atoms with Gasteiger partial charge < -0.3 is 4.74 Å². The van der Waals surface area contributed by atoms with Gasteiger partial charge in [-0.1, -0.05) is 48.6 Å². The molecule has 0 saturated carbocycles. The first-order chi connectivity index (χ1) is 14.3. The summed E-state index contributed by atoms with van der Waals surface area (Å²) in [6.07, 6.45) is 8.33. The summed E-state index contributed by atoms with van der Waals surface area (Å²) < 4.78 is 5.26. The van der Waals surface area contributed by atoms with Crippen LogP contribution in [0.25, 0.3) is 11.3 Å². The van der Waals surface area contributed by atoms with Crippen molar-refractivity contribution in [2.45, 2.75) is 18.9 Å². The topological polar surface area (TPSA) is 37.7 Å². The predicted octanol–water partition coefficient (Wildman–Crippen LogP) is 6.01. The highest BCUT2D eigenvalue weighted by Gasteiger charge is 2.32. The number of methoxy groups -OCH3 is 1. The Morgan fingerprint density at radius 1 is 1.07 bits per heavy atom. The Balaban J connectivity index is 1.48. The number of benzene rings is 2. The lowest BCUT2D eigenvalue weighted by atomic mass is 9.98. The largest absolute Gasteiger partial charge is 0.497 e. The van der Waals surface area contributed by atoms with Crippen molar-refractivity contribution in [3.63, 3.8) is 0 Å². The second-order valence-corrected chi connectivity index (χ2v) is 7.93. The minimum Gasteiger partial charge on any atom is -0.497 e. The van der Waals surface area contributed by atoms with Crippen LogP contribution in [0.5, 0.6) is 5.75 Å². The van der Waals surface area contributed by atoms with Crippen molar-refractivity contribution in [2.24, 2.45) is 5.10 Å². The maximum absolute atomic E-state index is 5.26. The molecule has 1 aliphatic carbocycles. The minimum atomic E-state index is 0.169. The van der Waals surface area contributed by atoms with Gasteiger partial charge in [-0.15, -0.1) is 11.3 Å². The fourth-order valence-electron chi connectivity index (χ4n) is 3.74. The molecule has 2 aromatic carbocycles. The van der Waals surface area contributed by atoms with Gasteiger partial charge in [-0.05, 0) is 41.8 Å². The molecule has 1 unspecified atom stereocenters. The van der Waals surface area contributed by atoms with Crippen molar-refractivity contribution in [1.82, 2.24) is 4.98 Å². The van der Waals surface area contributed by atoms with Gasteiger partial charge in [0.15, 0.2) is 0 Å². The van der Waals surface area contributed by atoms with E-state index in [0.29, 0.717) is 0 Å². The average molecular weight is 400 g/mol. The molecule has 0 amide bonds. The predicted molar refractivity (Wildman–Crippen MR) is 120 cm³/mol. The molecule has 4 nitrogen and oxygen atoms in total. The van der Waals surface area contributed by atoms with E-state index in [9.17, 15) is 0 Å². The summed E-state index contributed by atoms with van der Waals surface area (Å²) in [5.41, 5.74) is 5.77. The summed E-state index contributed by atoms with van der Waals surface area (Å²) in [5, 5.41) is 10.1. The molecule has 2 heterocycles. The third-order valence-corrected chi connectivity index (χ3v) is 6.14. The molecular formula is C24H21N3OS. The van der Waals surface area contributed by atoms with Crippen LogP contribution in [-0.4, -0.2) is 17.8 Å². The maximum atomic E-state index is 5.26. The van der Waals surface area contributed by atoms with Crippen molar-refractivity contribution < 1.29 is 4.74 Å². The second-order valence-electron chi connectivity index (χ2n) is 7.09. The summed E-state index contributed by atoms with van der Waals surface area (Å²) in [4.78, 5) is 4.92. The highest BCUT2D eigenvalue weighted by atomic mass is 32.1. The zero-order valence-corrected chi connectivity index (χ0v) is 17.0. The van der Waals surface area contributed by atoms with Gasteiger partial charge in [0, 0.05) is 17.4 Å². The fourth-order valence-corrected chi connectivity index (χ4v) is 4.57. The van der Waals surface area contributed by atoms with E-state index in [1.807, 2.05) is 24.3 Å². The van der Waals surface area contributed by atoms with Crippen molar-refractivity contribution in [1.29, 1.82) is 0 Å². The number of thiazole rings is 1. The Hall–Kier alpha value is -3.18. The van der Waals surface area contributed by atoms with E-state index in [2.05, 4.69) is 58.9 Å². The molecule has 0 bridgehead atoms. The number of anilines is 1. The van der Waals surface area contributed by atoms with Crippen LogP contribution in [0.3, 0.4) is 0 Å². The van der Waals surface area contributed by atoms with E-state index in [4.69, 9.17) is 14.8 Å². The molecule has 0 saturated heterocycles. The van der Waals surface area contributed by atoms with E-state index in [1.54, 1.807) is 18.4 Å². The Morgan fingerprint density at radius 3 is 2.62 bits per heavy atom. The molecular weight excluding hydrogens is 378 g/mol. The fraction of sp³-hybridized carbons (Fsp3) is 0.167. The first-order valence-electron chi connectivity index (χ1n) is 9.69. The second kappa shape index (κ2) is 7.68. The van der Waals surface area contributed by atoms with E-state index >= 15 is 0 Å². The summed E-state index contributed by atoms with van der Waals surface area (Å²) in [5.74, 6) is 0.848. The monoisotopic (exact) mass is 399 g/mol. The Labute approximate surface area is 174 Å². The third kappa shape index (κ3) is 3.49. The van der Waals surface area contributed by atoms with E-state index in [1.165, 1.54) is 11.1 Å². The van der Waals surface area contributed by atoms with Crippen molar-refractivity contribution in [3.8, 4) is 17.0 Å². The quantitative estimate of drug-likeness (QED) is 0.527. The van der Waals surface area contributed by atoms with Crippen molar-refractivity contribution in [3.05, 3.63) is 89.3 Å². The molecule has 3 aromatic rings. The summed E-state index contributed by atoms with van der Waals surface area (Å²) >= 11 is 1.64. The van der Waals surface area contributed by atoms with Gasteiger partial charge >= 0.3 is 0 Å². The Morgan fingerprint density at radius 2 is 1.90 bits per heavy atom. The lowest BCUT2D eigenvalue weighted by Crippen LogP contribution is -2.18. The Bertz CT molecular complexity index is 1100. The zero-order chi connectivity index (χ0) is 19.6. The first kappa shape index (κ1) is 17.9. The molecule has 0 radical (unpaired) electrons. The molecule has 0 N–H and O–H groups in total. The average Bonchev–Trinajstić information content (AvgIpc) is 3.54. The van der Waals surface area contributed by atoms with Crippen LogP contribution < -0.4 is 9.75 Å². The molecule has 1 aromatic heterocycles. The molecule has 144 valence electrons. The van der Waals surface area contributed by atoms with Crippen LogP contribution in [0.2, 0.25) is 0 Å². The highest BCUT2D eigenvalue weighted by molar-refractivity contribution is 7.14. The van der Waals surface area contributed by atoms with Crippen molar-refractivity contribution >= 4 is 22.2 Å². The molecule has 1 atom stereocenters. The number of nitrogens with zero attached hydrogens (tertiary/aromatic N) is 3. The standard InChI is InChI=1S/C24H21N3OS/c1-28-20-13-11-18(12-14-20)22-16-29-24(25-22)27-23(19-9-3-2-4-10-19)15-21(26-27)17-7-5-6-8-17/h2-7,9-14,16,23H,8,15H2,1H3. The smallest absolute Gasteiger partial charge is 0.207 e. The number of hydrogen-bond donors (Lipinski definition) is 0. The third-order valence-electron chi connectivity index (χ3n) is 5.31. The SMILES string of the molecule is COc1ccc(-c2csc(N3N=C(C4=CC=CC4)CC3c3ccccc3)n2)cc1. The van der Waals surface area contributed by atoms with E-state index in [0.717, 1.165) is 40.7 Å². The summed E-state index contributed by atoms with van der Waals surface area (Å²) in [6.45, 7) is 0. The normalized spacial score (nSPS) is 18.1. The van der Waals surface area contributed by atoms with Crippen LogP contribution in [-0.2, 0) is 0 Å². The van der Waals surface area contributed by atoms with Crippen LogP contribution in [0, 0.1) is 0 Å². The van der Waals surface area contributed by atoms with Crippen LogP contribution in [0.15, 0.2) is 88.9 Å². The van der Waals surface area contributed by atoms with Gasteiger partial charge in [0.05, 0.1) is 24.6 Å². The van der Waals surface area contributed by atoms with Gasteiger partial charge in [0.25, 0.3) is 0 Å². The number of hydrazone groups is 1. The van der Waals surface area contributed by atoms with Crippen molar-refractivity contribution in [2.75, 3.05) is 12.1 Å². The van der Waals surface area contributed by atoms with Gasteiger partial charge in [0.2, 0.25) is 5.13 Å². The maximum Gasteiger partial charge on any atom is 0.207 e. The molecule has 2 aliphatic rings. The molecule has 5 heteroatoms.